The van der Waals surface area contributed by atoms with Gasteiger partial charge in [0, 0.05) is 0 Å². The molecule has 0 bridgehead atoms. The zero-order chi connectivity index (χ0) is 53.9. The molecule has 0 radical (unpaired) electrons. The molecule has 0 heterocycles. The number of rotatable bonds is 16. The third-order valence-corrected chi connectivity index (χ3v) is 26.4. The van der Waals surface area contributed by atoms with E-state index >= 15 is 26.3 Å². The Morgan fingerprint density at radius 2 is 0.564 bits per heavy atom. The van der Waals surface area contributed by atoms with Crippen molar-refractivity contribution in [2.75, 3.05) is 0 Å². The molecule has 0 spiro atoms. The molecule has 0 aliphatic rings. The van der Waals surface area contributed by atoms with Crippen LogP contribution in [0.4, 0.5) is 26.3 Å². The summed E-state index contributed by atoms with van der Waals surface area (Å²) in [5.74, 6) is -0.768. The molecule has 12 heteroatoms. The Morgan fingerprint density at radius 3 is 0.846 bits per heavy atom. The van der Waals surface area contributed by atoms with Crippen LogP contribution in [0.2, 0.25) is 0 Å². The van der Waals surface area contributed by atoms with Crippen LogP contribution in [0.5, 0.6) is 5.75 Å². The van der Waals surface area contributed by atoms with Gasteiger partial charge in [-0.05, 0) is 0 Å². The normalized spacial score (nSPS) is 13.3. The third-order valence-electron chi connectivity index (χ3n) is 14.8. The molecule has 0 amide bonds. The van der Waals surface area contributed by atoms with Crippen LogP contribution in [0, 0.1) is 0 Å². The maximum absolute atomic E-state index is 15.1. The van der Waals surface area contributed by atoms with Crippen molar-refractivity contribution in [3.8, 4) is 5.75 Å². The molecule has 0 aromatic heterocycles. The van der Waals surface area contributed by atoms with Crippen LogP contribution >= 0.6 is 13.7 Å². The summed E-state index contributed by atoms with van der Waals surface area (Å²) < 4.78 is 114. The Labute approximate surface area is 449 Å². The topological polar surface area (TPSA) is 27.7 Å². The fraction of sp³-hybridized carbons (Fsp3) is 0.0606. The van der Waals surface area contributed by atoms with E-state index in [0.29, 0.717) is 44.0 Å². The molecule has 0 saturated heterocycles. The van der Waals surface area contributed by atoms with E-state index in [-0.39, 0.29) is 18.4 Å². The number of alkyl halides is 6. The van der Waals surface area contributed by atoms with E-state index < -0.39 is 50.2 Å². The molecule has 3 nitrogen and oxygen atoms in total. The van der Waals surface area contributed by atoms with Gasteiger partial charge in [-0.15, -0.1) is 0 Å². The van der Waals surface area contributed by atoms with E-state index in [1.165, 1.54) is 0 Å². The monoisotopic (exact) mass is 1080 g/mol. The SMILES string of the molecule is FC(F)(F)c1cc(OB(OP(Cc2ccc3ccccc3c2)(c2ccccc2)(c2ccccc2)c2ccccc2)OP(Cc2ccc3ccccc3c2)(c2ccccc2)(c2ccccc2)c2ccccc2)cc(C(F)(F)F)c1. The van der Waals surface area contributed by atoms with Gasteiger partial charge in [-0.1, -0.05) is 0 Å². The number of benzene rings is 11. The number of fused-ring (bicyclic) bond motifs is 2. The van der Waals surface area contributed by atoms with Gasteiger partial charge in [-0.3, -0.25) is 0 Å². The molecule has 78 heavy (non-hydrogen) atoms. The van der Waals surface area contributed by atoms with Crippen molar-refractivity contribution in [3.05, 3.63) is 307 Å². The summed E-state index contributed by atoms with van der Waals surface area (Å²) in [5, 5.41) is 8.06. The first-order valence-corrected chi connectivity index (χ1v) is 30.1. The molecule has 0 aliphatic heterocycles. The fourth-order valence-corrected chi connectivity index (χ4v) is 22.6. The summed E-state index contributed by atoms with van der Waals surface area (Å²) in [6, 6.07) is 87.5. The van der Waals surface area contributed by atoms with Gasteiger partial charge < -0.3 is 0 Å². The molecule has 0 fully saturated rings. The molecule has 0 unspecified atom stereocenters. The Hall–Kier alpha value is -7.84. The number of halogens is 6. The predicted octanol–water partition coefficient (Wildman–Crippen LogP) is 15.7. The average Bonchev–Trinajstić information content (AvgIpc) is 2.28. The van der Waals surface area contributed by atoms with Gasteiger partial charge in [-0.25, -0.2) is 0 Å². The van der Waals surface area contributed by atoms with Crippen molar-refractivity contribution in [1.29, 1.82) is 0 Å². The first kappa shape index (κ1) is 52.2. The molecule has 0 N–H and O–H groups in total. The van der Waals surface area contributed by atoms with Gasteiger partial charge in [0.05, 0.1) is 0 Å². The predicted molar refractivity (Wildman–Crippen MR) is 311 cm³/mol. The van der Waals surface area contributed by atoms with E-state index in [1.807, 2.05) is 255 Å². The zero-order valence-corrected chi connectivity index (χ0v) is 43.8. The van der Waals surface area contributed by atoms with E-state index in [4.69, 9.17) is 13.5 Å². The quantitative estimate of drug-likeness (QED) is 0.0548. The second-order valence-electron chi connectivity index (χ2n) is 19.5. The van der Waals surface area contributed by atoms with Gasteiger partial charge in [0.1, 0.15) is 0 Å². The standard InChI is InChI=1S/C66H51BF6O3P2/c68-65(69,70)56-45-57(66(71,72)73)47-58(46-56)74-67(75-77(59-27-7-1-8-28-59,60-29-9-2-10-30-60,61-31-11-3-12-32-61)48-50-39-41-52-23-19-21-25-54(52)43-50)76-78(62-33-13-4-14-34-62,63-35-15-5-16-36-63,64-37-17-6-18-38-64)49-51-40-42-53-24-20-22-26-55(53)44-51/h1-47H,48-49H2. The summed E-state index contributed by atoms with van der Waals surface area (Å²) in [6.07, 6.45) is -10.2. The van der Waals surface area contributed by atoms with Crippen LogP contribution in [0.1, 0.15) is 22.3 Å². The van der Waals surface area contributed by atoms with Crippen molar-refractivity contribution < 1.29 is 39.9 Å². The second kappa shape index (κ2) is 20.8. The summed E-state index contributed by atoms with van der Waals surface area (Å²) in [6.45, 7) is -9.84. The van der Waals surface area contributed by atoms with Gasteiger partial charge in [0.2, 0.25) is 0 Å². The Bertz CT molecular complexity index is 3410. The first-order chi connectivity index (χ1) is 37.8. The molecular formula is C66H51BF6O3P2. The molecule has 0 saturated carbocycles. The molecule has 0 atom stereocenters. The summed E-state index contributed by atoms with van der Waals surface area (Å²) in [4.78, 5) is 0. The maximum atomic E-state index is 15.1. The Morgan fingerprint density at radius 1 is 0.295 bits per heavy atom. The average molecular weight is 1080 g/mol. The third kappa shape index (κ3) is 9.47. The fourth-order valence-electron chi connectivity index (χ4n) is 11.3. The minimum absolute atomic E-state index is 0.0961. The summed E-state index contributed by atoms with van der Waals surface area (Å²) in [7, 11) is -2.10. The van der Waals surface area contributed by atoms with Gasteiger partial charge in [-0.2, -0.15) is 0 Å². The molecule has 0 aliphatic carbocycles. The van der Waals surface area contributed by atoms with Gasteiger partial charge in [0.15, 0.2) is 0 Å². The van der Waals surface area contributed by atoms with Crippen LogP contribution in [-0.4, -0.2) is 7.32 Å². The van der Waals surface area contributed by atoms with Crippen LogP contribution in [0.3, 0.4) is 0 Å². The first-order valence-electron chi connectivity index (χ1n) is 25.4. The van der Waals surface area contributed by atoms with E-state index in [9.17, 15) is 0 Å². The van der Waals surface area contributed by atoms with Crippen LogP contribution in [0.15, 0.2) is 285 Å². The van der Waals surface area contributed by atoms with Crippen molar-refractivity contribution in [3.63, 3.8) is 0 Å². The summed E-state index contributed by atoms with van der Waals surface area (Å²) >= 11 is 0. The van der Waals surface area contributed by atoms with Crippen molar-refractivity contribution in [1.82, 2.24) is 0 Å². The Kier molecular flexibility index (Phi) is 14.0. The molecule has 11 rings (SSSR count). The summed E-state index contributed by atoms with van der Waals surface area (Å²) in [5.41, 5.74) is -1.45. The van der Waals surface area contributed by atoms with Gasteiger partial charge >= 0.3 is 452 Å². The minimum atomic E-state index is -5.21. The molecular weight excluding hydrogens is 1030 g/mol. The molecule has 388 valence electrons. The molecule has 11 aromatic rings. The van der Waals surface area contributed by atoms with Gasteiger partial charge in [0.25, 0.3) is 0 Å². The van der Waals surface area contributed by atoms with E-state index in [1.54, 1.807) is 0 Å². The molecule has 11 aromatic carbocycles. The van der Waals surface area contributed by atoms with Crippen molar-refractivity contribution in [2.24, 2.45) is 0 Å². The number of hydrogen-bond acceptors (Lipinski definition) is 3. The van der Waals surface area contributed by atoms with Crippen LogP contribution in [0.25, 0.3) is 21.5 Å². The second-order valence-corrected chi connectivity index (χ2v) is 28.5. The number of hydrogen-bond donors (Lipinski definition) is 0. The van der Waals surface area contributed by atoms with Crippen molar-refractivity contribution in [2.45, 2.75) is 24.7 Å². The van der Waals surface area contributed by atoms with Crippen LogP contribution in [-0.2, 0) is 33.6 Å². The van der Waals surface area contributed by atoms with Crippen molar-refractivity contribution >= 4 is 74.4 Å². The van der Waals surface area contributed by atoms with Crippen LogP contribution < -0.4 is 36.5 Å². The zero-order valence-electron chi connectivity index (χ0n) is 42.0. The van der Waals surface area contributed by atoms with E-state index in [2.05, 4.69) is 12.1 Å². The Balaban J connectivity index is 1.30. The van der Waals surface area contributed by atoms with E-state index in [0.717, 1.165) is 32.7 Å².